The van der Waals surface area contributed by atoms with Crippen LogP contribution < -0.4 is 11.1 Å². The average Bonchev–Trinajstić information content (AvgIpc) is 2.86. The number of imide groups is 1. The number of carbonyl (C=O) groups is 2. The summed E-state index contributed by atoms with van der Waals surface area (Å²) in [6.07, 6.45) is 0. The van der Waals surface area contributed by atoms with Gasteiger partial charge in [-0.05, 0) is 26.0 Å². The maximum absolute atomic E-state index is 11.6. The van der Waals surface area contributed by atoms with E-state index in [1.54, 1.807) is 6.92 Å². The van der Waals surface area contributed by atoms with Gasteiger partial charge in [0.1, 0.15) is 0 Å². The maximum atomic E-state index is 11.6. The summed E-state index contributed by atoms with van der Waals surface area (Å²) in [5, 5.41) is 9.48. The van der Waals surface area contributed by atoms with Gasteiger partial charge < -0.3 is 10.2 Å². The van der Waals surface area contributed by atoms with Gasteiger partial charge in [-0.3, -0.25) is 10.1 Å². The molecule has 21 heavy (non-hydrogen) atoms. The number of urea groups is 1. The maximum Gasteiger partial charge on any atom is 0.318 e. The van der Waals surface area contributed by atoms with Crippen LogP contribution >= 0.6 is 11.8 Å². The van der Waals surface area contributed by atoms with E-state index in [0.717, 1.165) is 22.9 Å². The third-order valence-electron chi connectivity index (χ3n) is 2.56. The first kappa shape index (κ1) is 15.0. The van der Waals surface area contributed by atoms with E-state index in [2.05, 4.69) is 10.2 Å². The molecule has 0 bridgehead atoms. The van der Waals surface area contributed by atoms with E-state index in [0.29, 0.717) is 5.89 Å². The minimum absolute atomic E-state index is 0.249. The van der Waals surface area contributed by atoms with Crippen molar-refractivity contribution >= 4 is 23.7 Å². The van der Waals surface area contributed by atoms with Crippen molar-refractivity contribution in [3.63, 3.8) is 0 Å². The van der Waals surface area contributed by atoms with Crippen molar-refractivity contribution in [3.8, 4) is 11.5 Å². The molecule has 0 fully saturated rings. The number of aromatic nitrogens is 2. The first-order valence-corrected chi connectivity index (χ1v) is 7.01. The number of hydrogen-bond donors (Lipinski definition) is 2. The van der Waals surface area contributed by atoms with E-state index < -0.39 is 17.2 Å². The number of benzene rings is 1. The molecule has 0 aliphatic carbocycles. The molecule has 1 aromatic carbocycles. The average molecular weight is 306 g/mol. The Bertz CT molecular complexity index is 671. The molecule has 0 saturated carbocycles. The predicted octanol–water partition coefficient (Wildman–Crippen LogP) is 1.72. The summed E-state index contributed by atoms with van der Waals surface area (Å²) in [7, 11) is 0. The van der Waals surface area contributed by atoms with Crippen molar-refractivity contribution in [2.45, 2.75) is 24.3 Å². The molecule has 8 heteroatoms. The molecule has 2 aromatic rings. The second-order valence-corrected chi connectivity index (χ2v) is 5.65. The summed E-state index contributed by atoms with van der Waals surface area (Å²) in [6, 6.07) is 6.75. The summed E-state index contributed by atoms with van der Waals surface area (Å²) in [4.78, 5) is 22.2. The highest BCUT2D eigenvalue weighted by atomic mass is 32.2. The Morgan fingerprint density at radius 3 is 2.81 bits per heavy atom. The quantitative estimate of drug-likeness (QED) is 0.832. The standard InChI is InChI=1S/C13H14N4O3S/c1-7-4-3-5-9(6-7)11-16-17-13(20-11)21-8(2)10(18)15-12(14)19/h3-6,8H,1-2H3,(H3,14,15,18,19)/t8-/m0/s1. The summed E-state index contributed by atoms with van der Waals surface area (Å²) in [6.45, 7) is 3.57. The van der Waals surface area contributed by atoms with Crippen LogP contribution in [0.3, 0.4) is 0 Å². The molecule has 2 rings (SSSR count). The molecule has 110 valence electrons. The van der Waals surface area contributed by atoms with E-state index in [1.807, 2.05) is 36.5 Å². The number of nitrogens with two attached hydrogens (primary N) is 1. The first-order valence-electron chi connectivity index (χ1n) is 6.13. The molecular weight excluding hydrogens is 292 g/mol. The van der Waals surface area contributed by atoms with Crippen molar-refractivity contribution < 1.29 is 14.0 Å². The smallest absolute Gasteiger partial charge is 0.318 e. The third-order valence-corrected chi connectivity index (χ3v) is 3.50. The lowest BCUT2D eigenvalue weighted by atomic mass is 10.1. The minimum Gasteiger partial charge on any atom is -0.411 e. The van der Waals surface area contributed by atoms with Crippen molar-refractivity contribution in [2.24, 2.45) is 5.73 Å². The number of thioether (sulfide) groups is 1. The topological polar surface area (TPSA) is 111 Å². The van der Waals surface area contributed by atoms with Crippen LogP contribution in [0, 0.1) is 6.92 Å². The van der Waals surface area contributed by atoms with Gasteiger partial charge in [-0.25, -0.2) is 4.79 Å². The number of amides is 3. The van der Waals surface area contributed by atoms with Gasteiger partial charge in [0, 0.05) is 5.56 Å². The first-order chi connectivity index (χ1) is 9.95. The summed E-state index contributed by atoms with van der Waals surface area (Å²) in [5.74, 6) is -0.133. The molecule has 0 aliphatic heterocycles. The minimum atomic E-state index is -0.890. The normalized spacial score (nSPS) is 11.9. The highest BCUT2D eigenvalue weighted by Gasteiger charge is 2.19. The Labute approximate surface area is 125 Å². The monoisotopic (exact) mass is 306 g/mol. The molecule has 1 atom stereocenters. The number of nitrogens with one attached hydrogen (secondary N) is 1. The summed E-state index contributed by atoms with van der Waals surface area (Å²) >= 11 is 1.05. The zero-order valence-corrected chi connectivity index (χ0v) is 12.3. The zero-order valence-electron chi connectivity index (χ0n) is 11.5. The van der Waals surface area contributed by atoms with Crippen molar-refractivity contribution in [3.05, 3.63) is 29.8 Å². The molecule has 0 saturated heterocycles. The van der Waals surface area contributed by atoms with Crippen LogP contribution in [-0.2, 0) is 4.79 Å². The third kappa shape index (κ3) is 4.06. The van der Waals surface area contributed by atoms with Crippen LogP contribution in [-0.4, -0.2) is 27.4 Å². The van der Waals surface area contributed by atoms with E-state index in [-0.39, 0.29) is 5.22 Å². The van der Waals surface area contributed by atoms with Gasteiger partial charge in [-0.2, -0.15) is 0 Å². The second kappa shape index (κ2) is 6.40. The fourth-order valence-corrected chi connectivity index (χ4v) is 2.26. The van der Waals surface area contributed by atoms with E-state index in [9.17, 15) is 9.59 Å². The lowest BCUT2D eigenvalue weighted by Gasteiger charge is -2.06. The van der Waals surface area contributed by atoms with Crippen molar-refractivity contribution in [1.82, 2.24) is 15.5 Å². The zero-order chi connectivity index (χ0) is 15.4. The Morgan fingerprint density at radius 2 is 2.14 bits per heavy atom. The van der Waals surface area contributed by atoms with E-state index >= 15 is 0 Å². The second-order valence-electron chi connectivity index (χ2n) is 4.36. The molecule has 0 unspecified atom stereocenters. The summed E-state index contributed by atoms with van der Waals surface area (Å²) < 4.78 is 5.50. The lowest BCUT2D eigenvalue weighted by molar-refractivity contribution is -0.119. The number of primary amides is 1. The van der Waals surface area contributed by atoms with Gasteiger partial charge >= 0.3 is 6.03 Å². The molecule has 3 amide bonds. The number of nitrogens with zero attached hydrogens (tertiary/aromatic N) is 2. The van der Waals surface area contributed by atoms with Gasteiger partial charge in [0.05, 0.1) is 5.25 Å². The molecule has 3 N–H and O–H groups in total. The molecule has 0 spiro atoms. The highest BCUT2D eigenvalue weighted by molar-refractivity contribution is 8.00. The fourth-order valence-electron chi connectivity index (χ4n) is 1.58. The number of aryl methyl sites for hydroxylation is 1. The Morgan fingerprint density at radius 1 is 1.38 bits per heavy atom. The Kier molecular flexibility index (Phi) is 4.59. The lowest BCUT2D eigenvalue weighted by Crippen LogP contribution is -2.39. The SMILES string of the molecule is Cc1cccc(-c2nnc(S[C@@H](C)C(=O)NC(N)=O)o2)c1. The van der Waals surface area contributed by atoms with Gasteiger partial charge in [0.2, 0.25) is 11.8 Å². The highest BCUT2D eigenvalue weighted by Crippen LogP contribution is 2.26. The van der Waals surface area contributed by atoms with Crippen molar-refractivity contribution in [2.75, 3.05) is 0 Å². The molecule has 7 nitrogen and oxygen atoms in total. The number of hydrogen-bond acceptors (Lipinski definition) is 6. The van der Waals surface area contributed by atoms with Gasteiger partial charge in [0.25, 0.3) is 5.22 Å². The van der Waals surface area contributed by atoms with Crippen LogP contribution in [0.4, 0.5) is 4.79 Å². The largest absolute Gasteiger partial charge is 0.411 e. The van der Waals surface area contributed by atoms with Crippen LogP contribution in [0.15, 0.2) is 33.9 Å². The Hall–Kier alpha value is -2.35. The number of carbonyl (C=O) groups excluding carboxylic acids is 2. The summed E-state index contributed by atoms with van der Waals surface area (Å²) in [5.41, 5.74) is 6.77. The van der Waals surface area contributed by atoms with Crippen LogP contribution in [0.1, 0.15) is 12.5 Å². The van der Waals surface area contributed by atoms with Gasteiger partial charge in [-0.15, -0.1) is 10.2 Å². The number of rotatable bonds is 4. The Balaban J connectivity index is 2.06. The van der Waals surface area contributed by atoms with Crippen LogP contribution in [0.5, 0.6) is 0 Å². The van der Waals surface area contributed by atoms with E-state index in [4.69, 9.17) is 10.2 Å². The van der Waals surface area contributed by atoms with E-state index in [1.165, 1.54) is 0 Å². The predicted molar refractivity (Wildman–Crippen MR) is 77.5 cm³/mol. The van der Waals surface area contributed by atoms with Gasteiger partial charge in [-0.1, -0.05) is 29.5 Å². The van der Waals surface area contributed by atoms with Crippen LogP contribution in [0.25, 0.3) is 11.5 Å². The van der Waals surface area contributed by atoms with Crippen LogP contribution in [0.2, 0.25) is 0 Å². The molecule has 1 heterocycles. The molecular formula is C13H14N4O3S. The van der Waals surface area contributed by atoms with Gasteiger partial charge in [0.15, 0.2) is 0 Å². The van der Waals surface area contributed by atoms with Crippen molar-refractivity contribution in [1.29, 1.82) is 0 Å². The molecule has 1 aromatic heterocycles. The fraction of sp³-hybridized carbons (Fsp3) is 0.231. The molecule has 0 radical (unpaired) electrons. The molecule has 0 aliphatic rings.